The average Bonchev–Trinajstić information content (AvgIpc) is 2.89. The number of carbonyl (C=O) groups is 2. The first-order chi connectivity index (χ1) is 17.0. The van der Waals surface area contributed by atoms with Gasteiger partial charge in [0.05, 0.1) is 17.7 Å². The van der Waals surface area contributed by atoms with E-state index in [1.807, 2.05) is 85.8 Å². The van der Waals surface area contributed by atoms with E-state index >= 15 is 0 Å². The third-order valence-corrected chi connectivity index (χ3v) is 6.33. The molecule has 5 nitrogen and oxygen atoms in total. The van der Waals surface area contributed by atoms with Crippen LogP contribution < -0.4 is 10.1 Å². The number of amides is 2. The first-order valence-corrected chi connectivity index (χ1v) is 12.1. The van der Waals surface area contributed by atoms with Gasteiger partial charge >= 0.3 is 0 Å². The monoisotopic (exact) mass is 468 g/mol. The second-order valence-corrected chi connectivity index (χ2v) is 8.96. The first kappa shape index (κ1) is 24.3. The summed E-state index contributed by atoms with van der Waals surface area (Å²) >= 11 is 0. The van der Waals surface area contributed by atoms with E-state index in [1.165, 1.54) is 0 Å². The Balaban J connectivity index is 1.73. The van der Waals surface area contributed by atoms with E-state index < -0.39 is 6.04 Å². The summed E-state index contributed by atoms with van der Waals surface area (Å²) in [6.45, 7) is 2.00. The Morgan fingerprint density at radius 2 is 1.49 bits per heavy atom. The van der Waals surface area contributed by atoms with E-state index in [2.05, 4.69) is 17.5 Å². The molecule has 0 aromatic heterocycles. The van der Waals surface area contributed by atoms with Gasteiger partial charge in [-0.25, -0.2) is 0 Å². The summed E-state index contributed by atoms with van der Waals surface area (Å²) in [5, 5.41) is 3.23. The van der Waals surface area contributed by atoms with Crippen molar-refractivity contribution in [2.24, 2.45) is 0 Å². The molecule has 180 valence electrons. The largest absolute Gasteiger partial charge is 0.490 e. The van der Waals surface area contributed by atoms with E-state index in [4.69, 9.17) is 4.74 Å². The molecule has 1 heterocycles. The smallest absolute Gasteiger partial charge is 0.258 e. The normalized spacial score (nSPS) is 22.3. The van der Waals surface area contributed by atoms with Crippen molar-refractivity contribution in [2.75, 3.05) is 7.05 Å². The minimum absolute atomic E-state index is 0.0988. The fraction of sp³-hybridized carbons (Fsp3) is 0.267. The van der Waals surface area contributed by atoms with E-state index in [1.54, 1.807) is 18.0 Å². The van der Waals surface area contributed by atoms with Crippen LogP contribution in [0.5, 0.6) is 5.75 Å². The molecule has 2 amide bonds. The fourth-order valence-electron chi connectivity index (χ4n) is 4.34. The number of nitrogens with zero attached hydrogens (tertiary/aromatic N) is 1. The number of fused-ring (bicyclic) bond motifs is 1. The summed E-state index contributed by atoms with van der Waals surface area (Å²) in [6, 6.07) is 26.1. The highest BCUT2D eigenvalue weighted by atomic mass is 16.5. The van der Waals surface area contributed by atoms with Crippen molar-refractivity contribution in [2.45, 2.75) is 44.4 Å². The Kier molecular flexibility index (Phi) is 7.99. The molecule has 3 aromatic carbocycles. The zero-order valence-corrected chi connectivity index (χ0v) is 20.3. The van der Waals surface area contributed by atoms with Gasteiger partial charge in [-0.1, -0.05) is 84.9 Å². The number of hydrogen-bond acceptors (Lipinski definition) is 3. The summed E-state index contributed by atoms with van der Waals surface area (Å²) in [6.07, 6.45) is 5.83. The molecule has 0 spiro atoms. The molecule has 0 saturated heterocycles. The molecular weight excluding hydrogens is 436 g/mol. The quantitative estimate of drug-likeness (QED) is 0.528. The van der Waals surface area contributed by atoms with Crippen molar-refractivity contribution >= 4 is 11.8 Å². The van der Waals surface area contributed by atoms with Crippen molar-refractivity contribution in [3.8, 4) is 5.75 Å². The average molecular weight is 469 g/mol. The van der Waals surface area contributed by atoms with E-state index in [0.717, 1.165) is 11.1 Å². The van der Waals surface area contributed by atoms with Crippen LogP contribution in [0.25, 0.3) is 0 Å². The predicted octanol–water partition coefficient (Wildman–Crippen LogP) is 5.34. The number of hydrogen-bond donors (Lipinski definition) is 1. The maximum atomic E-state index is 13.7. The molecule has 1 aliphatic heterocycles. The molecule has 0 aliphatic carbocycles. The molecule has 1 aliphatic rings. The van der Waals surface area contributed by atoms with E-state index in [9.17, 15) is 9.59 Å². The number of nitrogens with one attached hydrogen (secondary N) is 1. The summed E-state index contributed by atoms with van der Waals surface area (Å²) in [5.41, 5.74) is 2.47. The highest BCUT2D eigenvalue weighted by Crippen LogP contribution is 2.25. The van der Waals surface area contributed by atoms with Crippen LogP contribution in [0.15, 0.2) is 97.1 Å². The summed E-state index contributed by atoms with van der Waals surface area (Å²) < 4.78 is 6.15. The summed E-state index contributed by atoms with van der Waals surface area (Å²) in [7, 11) is 1.69. The molecule has 4 rings (SSSR count). The van der Waals surface area contributed by atoms with Crippen LogP contribution in [0.3, 0.4) is 0 Å². The van der Waals surface area contributed by atoms with E-state index in [-0.39, 0.29) is 24.0 Å². The molecule has 0 bridgehead atoms. The van der Waals surface area contributed by atoms with Crippen LogP contribution >= 0.6 is 0 Å². The van der Waals surface area contributed by atoms with Crippen molar-refractivity contribution in [3.63, 3.8) is 0 Å². The summed E-state index contributed by atoms with van der Waals surface area (Å²) in [4.78, 5) is 28.9. The number of carbonyl (C=O) groups excluding carboxylic acids is 2. The Morgan fingerprint density at radius 1 is 0.857 bits per heavy atom. The lowest BCUT2D eigenvalue weighted by Gasteiger charge is -2.30. The minimum atomic E-state index is -0.687. The van der Waals surface area contributed by atoms with Crippen LogP contribution in [0, 0.1) is 0 Å². The van der Waals surface area contributed by atoms with Gasteiger partial charge in [0.25, 0.3) is 5.91 Å². The lowest BCUT2D eigenvalue weighted by atomic mass is 9.99. The maximum absolute atomic E-state index is 13.7. The van der Waals surface area contributed by atoms with Gasteiger partial charge in [-0.3, -0.25) is 9.59 Å². The molecule has 5 heteroatoms. The lowest BCUT2D eigenvalue weighted by molar-refractivity contribution is -0.126. The van der Waals surface area contributed by atoms with Gasteiger partial charge in [0.2, 0.25) is 5.91 Å². The van der Waals surface area contributed by atoms with Crippen molar-refractivity contribution in [1.29, 1.82) is 0 Å². The predicted molar refractivity (Wildman–Crippen MR) is 138 cm³/mol. The van der Waals surface area contributed by atoms with E-state index in [0.29, 0.717) is 30.6 Å². The molecule has 35 heavy (non-hydrogen) atoms. The van der Waals surface area contributed by atoms with Crippen LogP contribution in [0.2, 0.25) is 0 Å². The molecular formula is C30H32N2O3. The molecule has 0 saturated carbocycles. The molecule has 3 aromatic rings. The Hall–Kier alpha value is -3.86. The van der Waals surface area contributed by atoms with Crippen LogP contribution in [-0.4, -0.2) is 35.9 Å². The highest BCUT2D eigenvalue weighted by Gasteiger charge is 2.31. The number of benzene rings is 3. The van der Waals surface area contributed by atoms with Gasteiger partial charge in [0.1, 0.15) is 11.8 Å². The van der Waals surface area contributed by atoms with Crippen LogP contribution in [-0.2, 0) is 11.2 Å². The summed E-state index contributed by atoms with van der Waals surface area (Å²) in [5.74, 6) is 0.104. The second-order valence-electron chi connectivity index (χ2n) is 8.96. The zero-order chi connectivity index (χ0) is 24.6. The fourth-order valence-corrected chi connectivity index (χ4v) is 4.34. The zero-order valence-electron chi connectivity index (χ0n) is 20.3. The van der Waals surface area contributed by atoms with Gasteiger partial charge < -0.3 is 15.0 Å². The SMILES string of the molecule is C[C@H]1C/C=C/C[C@H](c2ccccc2)NC(=O)[C@H](Cc2ccccc2)N(C)C(=O)c2ccccc2O1. The molecule has 0 fully saturated rings. The third kappa shape index (κ3) is 6.18. The molecule has 3 atom stereocenters. The Morgan fingerprint density at radius 3 is 2.23 bits per heavy atom. The minimum Gasteiger partial charge on any atom is -0.490 e. The van der Waals surface area contributed by atoms with Crippen molar-refractivity contribution in [1.82, 2.24) is 10.2 Å². The van der Waals surface area contributed by atoms with Crippen LogP contribution in [0.1, 0.15) is 47.3 Å². The van der Waals surface area contributed by atoms with Gasteiger partial charge in [0.15, 0.2) is 0 Å². The number of para-hydroxylation sites is 1. The maximum Gasteiger partial charge on any atom is 0.258 e. The van der Waals surface area contributed by atoms with Crippen molar-refractivity contribution < 1.29 is 14.3 Å². The second kappa shape index (κ2) is 11.5. The van der Waals surface area contributed by atoms with Crippen molar-refractivity contribution in [3.05, 3.63) is 114 Å². The highest BCUT2D eigenvalue weighted by molar-refractivity contribution is 5.99. The van der Waals surface area contributed by atoms with Crippen LogP contribution in [0.4, 0.5) is 0 Å². The molecule has 0 radical (unpaired) electrons. The number of ether oxygens (including phenoxy) is 1. The van der Waals surface area contributed by atoms with Gasteiger partial charge in [-0.2, -0.15) is 0 Å². The lowest BCUT2D eigenvalue weighted by Crippen LogP contribution is -2.49. The number of rotatable bonds is 3. The Labute approximate surface area is 207 Å². The molecule has 0 unspecified atom stereocenters. The standard InChI is InChI=1S/C30H32N2O3/c1-22-13-9-11-19-26(24-16-7-4-8-17-24)31-29(33)27(21-23-14-5-3-6-15-23)32(2)30(34)25-18-10-12-20-28(25)35-22/h3-12,14-18,20,22,26-27H,13,19,21H2,1-2H3,(H,31,33)/b11-9+/t22-,26+,27-/m0/s1. The van der Waals surface area contributed by atoms with Gasteiger partial charge in [-0.15, -0.1) is 0 Å². The van der Waals surface area contributed by atoms with Gasteiger partial charge in [0, 0.05) is 19.9 Å². The third-order valence-electron chi connectivity index (χ3n) is 6.33. The molecule has 1 N–H and O–H groups in total. The topological polar surface area (TPSA) is 58.6 Å². The number of likely N-dealkylation sites (N-methyl/N-ethyl adjacent to an activating group) is 1. The van der Waals surface area contributed by atoms with Gasteiger partial charge in [-0.05, 0) is 36.6 Å². The first-order valence-electron chi connectivity index (χ1n) is 12.1. The Bertz CT molecular complexity index is 1160.